The number of rotatable bonds is 6. The standard InChI is InChI=1S/C18H23FN4O2/c1-2-7-15-21-16(17(24)20-12-18(25)10-5-6-11-18)22-23(15)14-9-4-3-8-13(14)19/h3-4,8-9,25H,2,5-7,10-12H2,1H3,(H,20,24). The van der Waals surface area contributed by atoms with E-state index in [-0.39, 0.29) is 18.1 Å². The summed E-state index contributed by atoms with van der Waals surface area (Å²) in [6, 6.07) is 6.27. The van der Waals surface area contributed by atoms with Crippen LogP contribution >= 0.6 is 0 Å². The molecule has 1 aliphatic rings. The van der Waals surface area contributed by atoms with Gasteiger partial charge in [-0.3, -0.25) is 4.79 Å². The molecule has 1 saturated carbocycles. The Bertz CT molecular complexity index is 753. The number of aryl methyl sites for hydroxylation is 1. The van der Waals surface area contributed by atoms with Gasteiger partial charge in [-0.2, -0.15) is 0 Å². The first-order chi connectivity index (χ1) is 12.0. The lowest BCUT2D eigenvalue weighted by atomic mass is 10.0. The minimum atomic E-state index is -0.837. The van der Waals surface area contributed by atoms with Crippen LogP contribution in [0.1, 0.15) is 55.5 Å². The Morgan fingerprint density at radius 2 is 2.08 bits per heavy atom. The molecule has 0 saturated heterocycles. The van der Waals surface area contributed by atoms with Gasteiger partial charge < -0.3 is 10.4 Å². The molecule has 6 nitrogen and oxygen atoms in total. The summed E-state index contributed by atoms with van der Waals surface area (Å²) in [6.07, 6.45) is 4.68. The molecule has 1 aromatic heterocycles. The van der Waals surface area contributed by atoms with Crippen LogP contribution in [0.5, 0.6) is 0 Å². The minimum Gasteiger partial charge on any atom is -0.388 e. The Labute approximate surface area is 146 Å². The summed E-state index contributed by atoms with van der Waals surface area (Å²) in [5.41, 5.74) is -0.567. The summed E-state index contributed by atoms with van der Waals surface area (Å²) in [5.74, 6) is -0.338. The molecule has 3 rings (SSSR count). The third-order valence-electron chi connectivity index (χ3n) is 4.54. The molecule has 0 bridgehead atoms. The summed E-state index contributed by atoms with van der Waals surface area (Å²) in [6.45, 7) is 2.17. The first kappa shape index (κ1) is 17.5. The molecule has 0 aliphatic heterocycles. The van der Waals surface area contributed by atoms with Crippen molar-refractivity contribution >= 4 is 5.91 Å². The third kappa shape index (κ3) is 3.87. The zero-order valence-electron chi connectivity index (χ0n) is 14.3. The van der Waals surface area contributed by atoms with E-state index in [1.807, 2.05) is 6.92 Å². The molecule has 1 heterocycles. The fourth-order valence-corrected chi connectivity index (χ4v) is 3.18. The molecule has 0 radical (unpaired) electrons. The lowest BCUT2D eigenvalue weighted by Crippen LogP contribution is -2.41. The van der Waals surface area contributed by atoms with Gasteiger partial charge in [-0.15, -0.1) is 5.10 Å². The summed E-state index contributed by atoms with van der Waals surface area (Å²) in [7, 11) is 0. The van der Waals surface area contributed by atoms with Crippen LogP contribution < -0.4 is 5.32 Å². The van der Waals surface area contributed by atoms with Gasteiger partial charge in [0.15, 0.2) is 0 Å². The van der Waals surface area contributed by atoms with Gasteiger partial charge in [0.25, 0.3) is 5.91 Å². The molecule has 2 N–H and O–H groups in total. The summed E-state index contributed by atoms with van der Waals surface area (Å²) in [4.78, 5) is 16.7. The zero-order chi connectivity index (χ0) is 17.9. The van der Waals surface area contributed by atoms with Crippen LogP contribution in [0.4, 0.5) is 4.39 Å². The second-order valence-electron chi connectivity index (χ2n) is 6.58. The second-order valence-corrected chi connectivity index (χ2v) is 6.58. The van der Waals surface area contributed by atoms with E-state index in [1.54, 1.807) is 18.2 Å². The lowest BCUT2D eigenvalue weighted by Gasteiger charge is -2.21. The van der Waals surface area contributed by atoms with Gasteiger partial charge in [-0.25, -0.2) is 14.1 Å². The summed E-state index contributed by atoms with van der Waals surface area (Å²) in [5, 5.41) is 17.2. The molecule has 7 heteroatoms. The SMILES string of the molecule is CCCc1nc(C(=O)NCC2(O)CCCC2)nn1-c1ccccc1F. The van der Waals surface area contributed by atoms with E-state index in [4.69, 9.17) is 0 Å². The van der Waals surface area contributed by atoms with Crippen molar-refractivity contribution in [2.24, 2.45) is 0 Å². The first-order valence-corrected chi connectivity index (χ1v) is 8.74. The van der Waals surface area contributed by atoms with Crippen LogP contribution in [0.25, 0.3) is 5.69 Å². The number of aliphatic hydroxyl groups is 1. The molecule has 0 spiro atoms. The average molecular weight is 346 g/mol. The van der Waals surface area contributed by atoms with E-state index in [1.165, 1.54) is 10.7 Å². The fraction of sp³-hybridized carbons (Fsp3) is 0.500. The maximum Gasteiger partial charge on any atom is 0.291 e. The highest BCUT2D eigenvalue weighted by atomic mass is 19.1. The summed E-state index contributed by atoms with van der Waals surface area (Å²) >= 11 is 0. The van der Waals surface area contributed by atoms with E-state index in [0.717, 1.165) is 19.3 Å². The number of benzene rings is 1. The minimum absolute atomic E-state index is 0.00620. The Morgan fingerprint density at radius 3 is 2.76 bits per heavy atom. The van der Waals surface area contributed by atoms with E-state index in [0.29, 0.717) is 25.1 Å². The van der Waals surface area contributed by atoms with Gasteiger partial charge in [0, 0.05) is 13.0 Å². The Kier molecular flexibility index (Phi) is 5.13. The topological polar surface area (TPSA) is 80.0 Å². The number of para-hydroxylation sites is 1. The molecular formula is C18H23FN4O2. The van der Waals surface area contributed by atoms with Crippen LogP contribution in [0, 0.1) is 5.82 Å². The fourth-order valence-electron chi connectivity index (χ4n) is 3.18. The predicted molar refractivity (Wildman–Crippen MR) is 91.1 cm³/mol. The Balaban J connectivity index is 1.81. The van der Waals surface area contributed by atoms with E-state index in [9.17, 15) is 14.3 Å². The van der Waals surface area contributed by atoms with Crippen LogP contribution in [-0.2, 0) is 6.42 Å². The van der Waals surface area contributed by atoms with Gasteiger partial charge in [-0.05, 0) is 31.4 Å². The van der Waals surface area contributed by atoms with Crippen molar-refractivity contribution in [2.75, 3.05) is 6.54 Å². The number of carbonyl (C=O) groups is 1. The summed E-state index contributed by atoms with van der Waals surface area (Å²) < 4.78 is 15.5. The van der Waals surface area contributed by atoms with Crippen molar-refractivity contribution in [3.63, 3.8) is 0 Å². The molecule has 2 aromatic rings. The Morgan fingerprint density at radius 1 is 1.36 bits per heavy atom. The van der Waals surface area contributed by atoms with Gasteiger partial charge in [0.2, 0.25) is 5.82 Å². The highest BCUT2D eigenvalue weighted by Gasteiger charge is 2.32. The molecule has 0 atom stereocenters. The van der Waals surface area contributed by atoms with E-state index < -0.39 is 17.3 Å². The number of halogens is 1. The first-order valence-electron chi connectivity index (χ1n) is 8.74. The monoisotopic (exact) mass is 346 g/mol. The highest BCUT2D eigenvalue weighted by Crippen LogP contribution is 2.28. The van der Waals surface area contributed by atoms with E-state index in [2.05, 4.69) is 15.4 Å². The van der Waals surface area contributed by atoms with Crippen molar-refractivity contribution in [3.8, 4) is 5.69 Å². The second kappa shape index (κ2) is 7.31. The van der Waals surface area contributed by atoms with Gasteiger partial charge >= 0.3 is 0 Å². The lowest BCUT2D eigenvalue weighted by molar-refractivity contribution is 0.0447. The highest BCUT2D eigenvalue weighted by molar-refractivity contribution is 5.90. The quantitative estimate of drug-likeness (QED) is 0.842. The number of aromatic nitrogens is 3. The number of nitrogens with zero attached hydrogens (tertiary/aromatic N) is 3. The molecular weight excluding hydrogens is 323 g/mol. The third-order valence-corrected chi connectivity index (χ3v) is 4.54. The van der Waals surface area contributed by atoms with Crippen LogP contribution in [-0.4, -0.2) is 37.9 Å². The Hall–Kier alpha value is -2.28. The van der Waals surface area contributed by atoms with Crippen LogP contribution in [0.3, 0.4) is 0 Å². The average Bonchev–Trinajstić information content (AvgIpc) is 3.21. The number of hydrogen-bond donors (Lipinski definition) is 2. The number of nitrogens with one attached hydrogen (secondary N) is 1. The molecule has 1 aliphatic carbocycles. The maximum absolute atomic E-state index is 14.1. The molecule has 1 fully saturated rings. The maximum atomic E-state index is 14.1. The van der Waals surface area contributed by atoms with Gasteiger partial charge in [-0.1, -0.05) is 31.9 Å². The zero-order valence-corrected chi connectivity index (χ0v) is 14.3. The molecule has 134 valence electrons. The largest absolute Gasteiger partial charge is 0.388 e. The smallest absolute Gasteiger partial charge is 0.291 e. The number of amides is 1. The van der Waals surface area contributed by atoms with Gasteiger partial charge in [0.1, 0.15) is 17.3 Å². The van der Waals surface area contributed by atoms with Crippen molar-refractivity contribution in [3.05, 3.63) is 41.7 Å². The van der Waals surface area contributed by atoms with Crippen LogP contribution in [0.15, 0.2) is 24.3 Å². The predicted octanol–water partition coefficient (Wildman–Crippen LogP) is 2.39. The number of carbonyl (C=O) groups excluding carboxylic acids is 1. The van der Waals surface area contributed by atoms with Gasteiger partial charge in [0.05, 0.1) is 5.60 Å². The van der Waals surface area contributed by atoms with E-state index >= 15 is 0 Å². The van der Waals surface area contributed by atoms with Crippen molar-refractivity contribution < 1.29 is 14.3 Å². The molecule has 1 amide bonds. The number of hydrogen-bond acceptors (Lipinski definition) is 4. The van der Waals surface area contributed by atoms with Crippen LogP contribution in [0.2, 0.25) is 0 Å². The molecule has 0 unspecified atom stereocenters. The normalized spacial score (nSPS) is 16.1. The van der Waals surface area contributed by atoms with Crippen molar-refractivity contribution in [2.45, 2.75) is 51.0 Å². The van der Waals surface area contributed by atoms with Crippen molar-refractivity contribution in [1.82, 2.24) is 20.1 Å². The van der Waals surface area contributed by atoms with Crippen molar-refractivity contribution in [1.29, 1.82) is 0 Å². The molecule has 25 heavy (non-hydrogen) atoms. The molecule has 1 aromatic carbocycles.